The normalized spacial score (nSPS) is 13.2. The third kappa shape index (κ3) is 30.4. The zero-order valence-electron chi connectivity index (χ0n) is 27.8. The molecule has 3 N–H and O–H groups in total. The summed E-state index contributed by atoms with van der Waals surface area (Å²) < 4.78 is 0. The minimum absolute atomic E-state index is 0.0371. The Morgan fingerprint density at radius 2 is 0.927 bits per heavy atom. The molecule has 0 aromatic heterocycles. The van der Waals surface area contributed by atoms with Crippen LogP contribution < -0.4 is 5.32 Å². The van der Waals surface area contributed by atoms with E-state index in [0.717, 1.165) is 25.7 Å². The van der Waals surface area contributed by atoms with Gasteiger partial charge in [0.25, 0.3) is 0 Å². The number of allylic oxidation sites excluding steroid dienone is 2. The van der Waals surface area contributed by atoms with Gasteiger partial charge < -0.3 is 15.5 Å². The highest BCUT2D eigenvalue weighted by Crippen LogP contribution is 2.14. The number of aliphatic hydroxyl groups excluding tert-OH is 2. The number of aliphatic hydroxyl groups is 2. The second kappa shape index (κ2) is 33.6. The largest absolute Gasteiger partial charge is 0.394 e. The lowest BCUT2D eigenvalue weighted by Gasteiger charge is -2.22. The van der Waals surface area contributed by atoms with Gasteiger partial charge in [-0.3, -0.25) is 4.79 Å². The number of nitrogens with one attached hydrogen (secondary N) is 1. The van der Waals surface area contributed by atoms with Crippen molar-refractivity contribution in [3.63, 3.8) is 0 Å². The molecule has 0 aromatic carbocycles. The van der Waals surface area contributed by atoms with Crippen LogP contribution in [0.2, 0.25) is 0 Å². The van der Waals surface area contributed by atoms with E-state index in [0.29, 0.717) is 12.8 Å². The van der Waals surface area contributed by atoms with Crippen LogP contribution in [0.5, 0.6) is 0 Å². The summed E-state index contributed by atoms with van der Waals surface area (Å²) in [6.07, 6.45) is 39.8. The van der Waals surface area contributed by atoms with Gasteiger partial charge in [0.15, 0.2) is 0 Å². The van der Waals surface area contributed by atoms with Gasteiger partial charge in [-0.2, -0.15) is 0 Å². The zero-order valence-corrected chi connectivity index (χ0v) is 27.8. The van der Waals surface area contributed by atoms with E-state index in [2.05, 4.69) is 31.3 Å². The van der Waals surface area contributed by atoms with Crippen LogP contribution in [-0.2, 0) is 4.79 Å². The van der Waals surface area contributed by atoms with Crippen molar-refractivity contribution < 1.29 is 15.0 Å². The fraction of sp³-hybridized carbons (Fsp3) is 0.919. The van der Waals surface area contributed by atoms with Crippen molar-refractivity contribution >= 4 is 5.91 Å². The molecule has 0 bridgehead atoms. The van der Waals surface area contributed by atoms with E-state index in [-0.39, 0.29) is 12.5 Å². The Bertz CT molecular complexity index is 550. The number of unbranched alkanes of at least 4 members (excludes halogenated alkanes) is 24. The third-order valence-corrected chi connectivity index (χ3v) is 8.53. The van der Waals surface area contributed by atoms with Gasteiger partial charge in [-0.05, 0) is 38.5 Å². The van der Waals surface area contributed by atoms with Gasteiger partial charge in [0, 0.05) is 6.42 Å². The minimum atomic E-state index is -0.655. The Kier molecular flexibility index (Phi) is 32.9. The number of hydrogen-bond donors (Lipinski definition) is 3. The number of carbonyl (C=O) groups excluding carboxylic acids is 1. The maximum Gasteiger partial charge on any atom is 0.220 e. The molecule has 0 radical (unpaired) electrons. The van der Waals surface area contributed by atoms with Gasteiger partial charge >= 0.3 is 0 Å². The first-order valence-corrected chi connectivity index (χ1v) is 18.4. The van der Waals surface area contributed by atoms with Gasteiger partial charge in [-0.1, -0.05) is 167 Å². The highest BCUT2D eigenvalue weighted by Gasteiger charge is 2.19. The van der Waals surface area contributed by atoms with Crippen LogP contribution in [0.15, 0.2) is 12.2 Å². The van der Waals surface area contributed by atoms with E-state index in [9.17, 15) is 15.0 Å². The Balaban J connectivity index is 3.53. The molecule has 1 amide bonds. The van der Waals surface area contributed by atoms with Crippen LogP contribution in [0, 0.1) is 0 Å². The van der Waals surface area contributed by atoms with Crippen LogP contribution in [0.1, 0.15) is 200 Å². The molecule has 4 nitrogen and oxygen atoms in total. The molecule has 41 heavy (non-hydrogen) atoms. The molecule has 4 heteroatoms. The van der Waals surface area contributed by atoms with Crippen molar-refractivity contribution in [2.45, 2.75) is 212 Å². The summed E-state index contributed by atoms with van der Waals surface area (Å²) in [6, 6.07) is -0.532. The van der Waals surface area contributed by atoms with E-state index >= 15 is 0 Å². The SMILES string of the molecule is CCCCCCCCCC/C=C\CCCCCCCCCC(=O)NC(CO)C(O)CCCCCCCCCCCC. The molecular weight excluding hydrogens is 506 g/mol. The van der Waals surface area contributed by atoms with E-state index in [1.807, 2.05) is 0 Å². The van der Waals surface area contributed by atoms with Crippen LogP contribution in [-0.4, -0.2) is 34.9 Å². The first-order chi connectivity index (χ1) is 20.2. The summed E-state index contributed by atoms with van der Waals surface area (Å²) >= 11 is 0. The molecule has 0 aliphatic carbocycles. The molecule has 0 heterocycles. The van der Waals surface area contributed by atoms with Crippen molar-refractivity contribution in [2.24, 2.45) is 0 Å². The second-order valence-electron chi connectivity index (χ2n) is 12.6. The summed E-state index contributed by atoms with van der Waals surface area (Å²) in [5.74, 6) is -0.0371. The summed E-state index contributed by atoms with van der Waals surface area (Å²) in [5, 5.41) is 23.0. The molecule has 0 aliphatic heterocycles. The minimum Gasteiger partial charge on any atom is -0.394 e. The number of amides is 1. The zero-order chi connectivity index (χ0) is 30.1. The lowest BCUT2D eigenvalue weighted by molar-refractivity contribution is -0.123. The van der Waals surface area contributed by atoms with Gasteiger partial charge in [-0.15, -0.1) is 0 Å². The molecule has 2 atom stereocenters. The maximum absolute atomic E-state index is 12.3. The summed E-state index contributed by atoms with van der Waals surface area (Å²) in [7, 11) is 0. The van der Waals surface area contributed by atoms with Crippen LogP contribution in [0.25, 0.3) is 0 Å². The predicted molar refractivity (Wildman–Crippen MR) is 179 cm³/mol. The van der Waals surface area contributed by atoms with E-state index in [4.69, 9.17) is 0 Å². The standard InChI is InChI=1S/C37H73NO3/c1-3-5-7-9-11-13-15-16-17-18-19-20-21-22-23-25-27-29-31-33-37(41)38-35(34-39)36(40)32-30-28-26-24-14-12-10-8-6-4-2/h18-19,35-36,39-40H,3-17,20-34H2,1-2H3,(H,38,41)/b19-18-. The molecule has 0 aromatic rings. The molecule has 0 spiro atoms. The highest BCUT2D eigenvalue weighted by atomic mass is 16.3. The van der Waals surface area contributed by atoms with Crippen LogP contribution >= 0.6 is 0 Å². The first kappa shape index (κ1) is 40.1. The van der Waals surface area contributed by atoms with Crippen molar-refractivity contribution in [3.8, 4) is 0 Å². The van der Waals surface area contributed by atoms with Crippen LogP contribution in [0.3, 0.4) is 0 Å². The van der Waals surface area contributed by atoms with E-state index in [1.165, 1.54) is 148 Å². The average molecular weight is 580 g/mol. The summed E-state index contributed by atoms with van der Waals surface area (Å²) in [6.45, 7) is 4.34. The number of rotatable bonds is 33. The van der Waals surface area contributed by atoms with E-state index in [1.54, 1.807) is 0 Å². The molecule has 0 rings (SSSR count). The number of hydrogen-bond acceptors (Lipinski definition) is 3. The van der Waals surface area contributed by atoms with Crippen molar-refractivity contribution in [1.29, 1.82) is 0 Å². The average Bonchev–Trinajstić information content (AvgIpc) is 2.97. The Morgan fingerprint density at radius 1 is 0.561 bits per heavy atom. The fourth-order valence-electron chi connectivity index (χ4n) is 5.65. The third-order valence-electron chi connectivity index (χ3n) is 8.53. The van der Waals surface area contributed by atoms with Crippen molar-refractivity contribution in [3.05, 3.63) is 12.2 Å². The predicted octanol–water partition coefficient (Wildman–Crippen LogP) is 10.7. The lowest BCUT2D eigenvalue weighted by Crippen LogP contribution is -2.45. The van der Waals surface area contributed by atoms with Gasteiger partial charge in [0.05, 0.1) is 18.8 Å². The highest BCUT2D eigenvalue weighted by molar-refractivity contribution is 5.76. The summed E-state index contributed by atoms with van der Waals surface area (Å²) in [4.78, 5) is 12.3. The Hall–Kier alpha value is -0.870. The molecular formula is C37H73NO3. The second-order valence-corrected chi connectivity index (χ2v) is 12.6. The lowest BCUT2D eigenvalue weighted by atomic mass is 10.0. The Labute approximate surface area is 256 Å². The maximum atomic E-state index is 12.3. The smallest absolute Gasteiger partial charge is 0.220 e. The Morgan fingerprint density at radius 3 is 1.34 bits per heavy atom. The molecule has 0 saturated heterocycles. The van der Waals surface area contributed by atoms with Crippen LogP contribution in [0.4, 0.5) is 0 Å². The first-order valence-electron chi connectivity index (χ1n) is 18.4. The van der Waals surface area contributed by atoms with E-state index < -0.39 is 12.1 Å². The molecule has 0 aliphatic rings. The topological polar surface area (TPSA) is 69.6 Å². The van der Waals surface area contributed by atoms with Gasteiger partial charge in [0.1, 0.15) is 0 Å². The molecule has 0 saturated carbocycles. The van der Waals surface area contributed by atoms with Gasteiger partial charge in [0.2, 0.25) is 5.91 Å². The molecule has 2 unspecified atom stereocenters. The molecule has 0 fully saturated rings. The quantitative estimate of drug-likeness (QED) is 0.0535. The van der Waals surface area contributed by atoms with Crippen molar-refractivity contribution in [1.82, 2.24) is 5.32 Å². The van der Waals surface area contributed by atoms with Crippen molar-refractivity contribution in [2.75, 3.05) is 6.61 Å². The van der Waals surface area contributed by atoms with Gasteiger partial charge in [-0.25, -0.2) is 0 Å². The molecule has 244 valence electrons. The monoisotopic (exact) mass is 580 g/mol. The summed E-state index contributed by atoms with van der Waals surface area (Å²) in [5.41, 5.74) is 0. The fourth-order valence-corrected chi connectivity index (χ4v) is 5.65. The number of carbonyl (C=O) groups is 1.